The number of benzene rings is 1. The van der Waals surface area contributed by atoms with Crippen LogP contribution in [0.15, 0.2) is 34.4 Å². The number of thiazole rings is 1. The standard InChI is InChI=1S/C21H30N2O2S/c1-6-15(4)17-7-9-18(10-8-17)20(14(2)3)22-19(24)11-12-23-16(5)13-26-21(23)25/h7-10,13-15,20H,6,11-12H2,1-5H3,(H,22,24). The number of nitrogens with one attached hydrogen (secondary N) is 1. The van der Waals surface area contributed by atoms with E-state index in [2.05, 4.69) is 57.3 Å². The summed E-state index contributed by atoms with van der Waals surface area (Å²) in [6.07, 6.45) is 1.43. The van der Waals surface area contributed by atoms with E-state index in [9.17, 15) is 9.59 Å². The lowest BCUT2D eigenvalue weighted by Gasteiger charge is -2.24. The Kier molecular flexibility index (Phi) is 7.21. The van der Waals surface area contributed by atoms with Crippen molar-refractivity contribution in [3.63, 3.8) is 0 Å². The van der Waals surface area contributed by atoms with E-state index in [0.717, 1.165) is 17.7 Å². The maximum Gasteiger partial charge on any atom is 0.307 e. The Balaban J connectivity index is 2.03. The van der Waals surface area contributed by atoms with Crippen molar-refractivity contribution in [3.8, 4) is 0 Å². The lowest BCUT2D eigenvalue weighted by atomic mass is 9.92. The maximum absolute atomic E-state index is 12.4. The summed E-state index contributed by atoms with van der Waals surface area (Å²) < 4.78 is 1.66. The van der Waals surface area contributed by atoms with Crippen molar-refractivity contribution in [2.45, 2.75) is 66.0 Å². The van der Waals surface area contributed by atoms with Crippen LogP contribution in [0.1, 0.15) is 69.3 Å². The first kappa shape index (κ1) is 20.4. The van der Waals surface area contributed by atoms with Gasteiger partial charge in [0.15, 0.2) is 0 Å². The van der Waals surface area contributed by atoms with E-state index in [0.29, 0.717) is 24.8 Å². The minimum absolute atomic E-state index is 0.00339. The second-order valence-corrected chi connectivity index (χ2v) is 8.13. The molecule has 26 heavy (non-hydrogen) atoms. The number of hydrogen-bond acceptors (Lipinski definition) is 3. The highest BCUT2D eigenvalue weighted by Gasteiger charge is 2.19. The zero-order valence-corrected chi connectivity index (χ0v) is 17.2. The third-order valence-corrected chi connectivity index (χ3v) is 5.88. The van der Waals surface area contributed by atoms with Crippen LogP contribution < -0.4 is 10.2 Å². The van der Waals surface area contributed by atoms with Crippen molar-refractivity contribution in [2.24, 2.45) is 5.92 Å². The fourth-order valence-electron chi connectivity index (χ4n) is 3.04. The van der Waals surface area contributed by atoms with Gasteiger partial charge in [-0.3, -0.25) is 9.59 Å². The van der Waals surface area contributed by atoms with E-state index in [-0.39, 0.29) is 16.8 Å². The number of carbonyl (C=O) groups excluding carboxylic acids is 1. The predicted molar refractivity (Wildman–Crippen MR) is 109 cm³/mol. The number of carbonyl (C=O) groups is 1. The van der Waals surface area contributed by atoms with Crippen molar-refractivity contribution in [1.29, 1.82) is 0 Å². The molecular weight excluding hydrogens is 344 g/mol. The zero-order chi connectivity index (χ0) is 19.3. The monoisotopic (exact) mass is 374 g/mol. The van der Waals surface area contributed by atoms with E-state index in [1.807, 2.05) is 12.3 Å². The Labute approximate surface area is 160 Å². The molecule has 0 aliphatic rings. The molecule has 2 atom stereocenters. The van der Waals surface area contributed by atoms with E-state index < -0.39 is 0 Å². The smallest absolute Gasteiger partial charge is 0.307 e. The number of amides is 1. The van der Waals surface area contributed by atoms with Crippen LogP contribution in [0.5, 0.6) is 0 Å². The van der Waals surface area contributed by atoms with Crippen LogP contribution >= 0.6 is 11.3 Å². The quantitative estimate of drug-likeness (QED) is 0.732. The summed E-state index contributed by atoms with van der Waals surface area (Å²) >= 11 is 1.18. The predicted octanol–water partition coefficient (Wildman–Crippen LogP) is 4.64. The number of rotatable bonds is 8. The molecule has 0 saturated carbocycles. The van der Waals surface area contributed by atoms with Gasteiger partial charge in [-0.05, 0) is 36.3 Å². The van der Waals surface area contributed by atoms with Gasteiger partial charge in [-0.25, -0.2) is 0 Å². The molecule has 0 saturated heterocycles. The Hall–Kier alpha value is -1.88. The Morgan fingerprint density at radius 2 is 1.77 bits per heavy atom. The molecule has 1 aromatic heterocycles. The molecule has 0 spiro atoms. The third kappa shape index (κ3) is 5.07. The molecule has 1 heterocycles. The largest absolute Gasteiger partial charge is 0.349 e. The second-order valence-electron chi connectivity index (χ2n) is 7.31. The van der Waals surface area contributed by atoms with Crippen LogP contribution in [0, 0.1) is 12.8 Å². The van der Waals surface area contributed by atoms with E-state index in [1.54, 1.807) is 4.57 Å². The van der Waals surface area contributed by atoms with E-state index in [1.165, 1.54) is 16.9 Å². The highest BCUT2D eigenvalue weighted by Crippen LogP contribution is 2.25. The van der Waals surface area contributed by atoms with Crippen LogP contribution in [0.3, 0.4) is 0 Å². The average molecular weight is 375 g/mol. The number of aromatic nitrogens is 1. The highest BCUT2D eigenvalue weighted by molar-refractivity contribution is 7.07. The van der Waals surface area contributed by atoms with E-state index in [4.69, 9.17) is 0 Å². The molecule has 1 aromatic carbocycles. The molecule has 142 valence electrons. The first-order chi connectivity index (χ1) is 12.3. The van der Waals surface area contributed by atoms with Crippen molar-refractivity contribution in [2.75, 3.05) is 0 Å². The summed E-state index contributed by atoms with van der Waals surface area (Å²) in [6, 6.07) is 8.56. The molecular formula is C21H30N2O2S. The molecule has 1 N–H and O–H groups in total. The Bertz CT molecular complexity index is 774. The lowest BCUT2D eigenvalue weighted by Crippen LogP contribution is -2.33. The fraction of sp³-hybridized carbons (Fsp3) is 0.524. The van der Waals surface area contributed by atoms with Gasteiger partial charge in [0.2, 0.25) is 5.91 Å². The first-order valence-electron chi connectivity index (χ1n) is 9.37. The topological polar surface area (TPSA) is 51.1 Å². The van der Waals surface area contributed by atoms with E-state index >= 15 is 0 Å². The third-order valence-electron chi connectivity index (χ3n) is 5.00. The number of aryl methyl sites for hydroxylation is 1. The molecule has 2 rings (SSSR count). The summed E-state index contributed by atoms with van der Waals surface area (Å²) in [7, 11) is 0. The molecule has 4 nitrogen and oxygen atoms in total. The first-order valence-corrected chi connectivity index (χ1v) is 10.3. The SMILES string of the molecule is CCC(C)c1ccc(C(NC(=O)CCn2c(C)csc2=O)C(C)C)cc1. The Morgan fingerprint density at radius 3 is 2.27 bits per heavy atom. The molecule has 2 aromatic rings. The molecule has 0 bridgehead atoms. The fourth-order valence-corrected chi connectivity index (χ4v) is 3.80. The van der Waals surface area contributed by atoms with Crippen LogP contribution in [0.2, 0.25) is 0 Å². The molecule has 2 unspecified atom stereocenters. The summed E-state index contributed by atoms with van der Waals surface area (Å²) in [5.74, 6) is 0.814. The average Bonchev–Trinajstić information content (AvgIpc) is 2.95. The molecule has 1 amide bonds. The summed E-state index contributed by atoms with van der Waals surface area (Å²) in [5, 5.41) is 4.98. The van der Waals surface area contributed by atoms with Crippen molar-refractivity contribution in [1.82, 2.24) is 9.88 Å². The van der Waals surface area contributed by atoms with Crippen LogP contribution in [0.4, 0.5) is 0 Å². The summed E-state index contributed by atoms with van der Waals surface area (Å²) in [4.78, 5) is 24.2. The van der Waals surface area contributed by atoms with Gasteiger partial charge in [-0.2, -0.15) is 0 Å². The molecule has 0 fully saturated rings. The Morgan fingerprint density at radius 1 is 1.15 bits per heavy atom. The van der Waals surface area contributed by atoms with Gasteiger partial charge in [-0.15, -0.1) is 0 Å². The van der Waals surface area contributed by atoms with Crippen LogP contribution in [-0.4, -0.2) is 10.5 Å². The van der Waals surface area contributed by atoms with Gasteiger partial charge in [-0.1, -0.05) is 63.3 Å². The van der Waals surface area contributed by atoms with Gasteiger partial charge in [0.25, 0.3) is 0 Å². The number of nitrogens with zero attached hydrogens (tertiary/aromatic N) is 1. The maximum atomic E-state index is 12.4. The van der Waals surface area contributed by atoms with Gasteiger partial charge >= 0.3 is 4.87 Å². The minimum Gasteiger partial charge on any atom is -0.349 e. The van der Waals surface area contributed by atoms with Gasteiger partial charge in [0.05, 0.1) is 6.04 Å². The summed E-state index contributed by atoms with van der Waals surface area (Å²) in [5.41, 5.74) is 3.37. The highest BCUT2D eigenvalue weighted by atomic mass is 32.1. The zero-order valence-electron chi connectivity index (χ0n) is 16.4. The van der Waals surface area contributed by atoms with Crippen LogP contribution in [-0.2, 0) is 11.3 Å². The van der Waals surface area contributed by atoms with Crippen molar-refractivity contribution < 1.29 is 4.79 Å². The second kappa shape index (κ2) is 9.17. The van der Waals surface area contributed by atoms with Crippen molar-refractivity contribution >= 4 is 17.2 Å². The summed E-state index contributed by atoms with van der Waals surface area (Å²) in [6.45, 7) is 11.0. The molecule has 0 aliphatic carbocycles. The normalized spacial score (nSPS) is 13.6. The van der Waals surface area contributed by atoms with Crippen molar-refractivity contribution in [3.05, 3.63) is 56.1 Å². The molecule has 0 radical (unpaired) electrons. The van der Waals surface area contributed by atoms with Gasteiger partial charge in [0.1, 0.15) is 0 Å². The minimum atomic E-state index is -0.0211. The molecule has 5 heteroatoms. The lowest BCUT2D eigenvalue weighted by molar-refractivity contribution is -0.122. The van der Waals surface area contributed by atoms with Gasteiger partial charge in [0, 0.05) is 24.0 Å². The van der Waals surface area contributed by atoms with Crippen LogP contribution in [0.25, 0.3) is 0 Å². The number of hydrogen-bond donors (Lipinski definition) is 1. The molecule has 0 aliphatic heterocycles. The van der Waals surface area contributed by atoms with Gasteiger partial charge < -0.3 is 9.88 Å².